The van der Waals surface area contributed by atoms with Gasteiger partial charge in [-0.05, 0) is 113 Å². The van der Waals surface area contributed by atoms with E-state index in [0.29, 0.717) is 37.3 Å². The average Bonchev–Trinajstić information content (AvgIpc) is 3.46. The maximum Gasteiger partial charge on any atom is 0.416 e. The Kier molecular flexibility index (Phi) is 8.09. The SMILES string of the molecule is C[C@@]1(c2cc(C(F)(F)F)cc(C(F)(F)F)c2)CCCN(C2(c3ccccc3)CCC(N3CCC4(CCOC4)CC3)CC2)C1=O. The number of benzene rings is 2. The van der Waals surface area contributed by atoms with Gasteiger partial charge in [-0.15, -0.1) is 0 Å². The third-order valence-electron chi connectivity index (χ3n) is 11.2. The minimum absolute atomic E-state index is 0.132. The number of hydrogen-bond acceptors (Lipinski definition) is 3. The van der Waals surface area contributed by atoms with Crippen molar-refractivity contribution >= 4 is 5.91 Å². The van der Waals surface area contributed by atoms with Crippen LogP contribution in [-0.2, 0) is 32.8 Å². The molecule has 0 aromatic heterocycles. The van der Waals surface area contributed by atoms with E-state index in [1.807, 2.05) is 30.3 Å². The molecule has 2 aromatic rings. The fourth-order valence-electron chi connectivity index (χ4n) is 8.36. The molecular formula is C34H40F6N2O2. The molecule has 44 heavy (non-hydrogen) atoms. The maximum absolute atomic E-state index is 14.5. The number of halogens is 6. The van der Waals surface area contributed by atoms with E-state index in [2.05, 4.69) is 4.90 Å². The van der Waals surface area contributed by atoms with Gasteiger partial charge in [-0.1, -0.05) is 30.3 Å². The molecule has 2 aromatic carbocycles. The first-order valence-corrected chi connectivity index (χ1v) is 15.8. The van der Waals surface area contributed by atoms with Gasteiger partial charge in [0.05, 0.1) is 28.7 Å². The number of carbonyl (C=O) groups excluding carboxylic acids is 1. The number of rotatable bonds is 4. The van der Waals surface area contributed by atoms with Crippen LogP contribution < -0.4 is 0 Å². The molecule has 6 rings (SSSR count). The Hall–Kier alpha value is -2.59. The highest BCUT2D eigenvalue weighted by atomic mass is 19.4. The van der Waals surface area contributed by atoms with Crippen LogP contribution in [0.2, 0.25) is 0 Å². The molecular weight excluding hydrogens is 582 g/mol. The lowest BCUT2D eigenvalue weighted by Gasteiger charge is -2.54. The van der Waals surface area contributed by atoms with Crippen molar-refractivity contribution < 1.29 is 35.9 Å². The number of likely N-dealkylation sites (tertiary alicyclic amines) is 2. The molecule has 1 saturated carbocycles. The van der Waals surface area contributed by atoms with Crippen LogP contribution in [0.1, 0.15) is 87.0 Å². The first-order chi connectivity index (χ1) is 20.8. The standard InChI is InChI=1S/C34H40F6N2O2/c1-30(25-20-26(33(35,36)37)22-27(21-25)34(38,39)40)10-5-16-42(29(30)43)32(24-6-3-2-4-7-24)11-8-28(9-12-32)41-17-13-31(14-18-41)15-19-44-23-31/h2-4,6-7,20-22,28H,5,8-19,23H2,1H3/t28?,30-,32?/m0/s1. The molecule has 4 aliphatic rings. The fourth-order valence-corrected chi connectivity index (χ4v) is 8.36. The van der Waals surface area contributed by atoms with Gasteiger partial charge in [-0.3, -0.25) is 4.79 Å². The Morgan fingerprint density at radius 2 is 1.39 bits per heavy atom. The summed E-state index contributed by atoms with van der Waals surface area (Å²) < 4.78 is 88.4. The summed E-state index contributed by atoms with van der Waals surface area (Å²) in [6.45, 7) is 5.63. The van der Waals surface area contributed by atoms with Gasteiger partial charge in [0.25, 0.3) is 0 Å². The molecule has 0 unspecified atom stereocenters. The van der Waals surface area contributed by atoms with Crippen molar-refractivity contribution in [2.75, 3.05) is 32.8 Å². The Morgan fingerprint density at radius 1 is 0.773 bits per heavy atom. The summed E-state index contributed by atoms with van der Waals surface area (Å²) in [7, 11) is 0. The lowest BCUT2D eigenvalue weighted by Crippen LogP contribution is -2.60. The second kappa shape index (κ2) is 11.3. The average molecular weight is 623 g/mol. The van der Waals surface area contributed by atoms with Crippen molar-refractivity contribution in [3.8, 4) is 0 Å². The molecule has 1 spiro atoms. The Balaban J connectivity index is 1.30. The summed E-state index contributed by atoms with van der Waals surface area (Å²) in [6, 6.07) is 11.7. The van der Waals surface area contributed by atoms with Gasteiger partial charge in [0.1, 0.15) is 0 Å². The van der Waals surface area contributed by atoms with Gasteiger partial charge in [-0.25, -0.2) is 0 Å². The zero-order valence-corrected chi connectivity index (χ0v) is 25.1. The van der Waals surface area contributed by atoms with Crippen molar-refractivity contribution in [1.82, 2.24) is 9.80 Å². The van der Waals surface area contributed by atoms with Crippen LogP contribution in [0.3, 0.4) is 0 Å². The Bertz CT molecular complexity index is 1300. The number of carbonyl (C=O) groups is 1. The summed E-state index contributed by atoms with van der Waals surface area (Å²) in [5.41, 5.74) is -3.94. The van der Waals surface area contributed by atoms with Crippen molar-refractivity contribution in [3.63, 3.8) is 0 Å². The van der Waals surface area contributed by atoms with Crippen molar-refractivity contribution in [2.45, 2.75) is 94.1 Å². The zero-order chi connectivity index (χ0) is 31.4. The smallest absolute Gasteiger partial charge is 0.381 e. The second-order valence-corrected chi connectivity index (χ2v) is 13.7. The van der Waals surface area contributed by atoms with Crippen LogP contribution in [0.5, 0.6) is 0 Å². The van der Waals surface area contributed by atoms with E-state index in [9.17, 15) is 31.1 Å². The number of ether oxygens (including phenoxy) is 1. The molecule has 3 aliphatic heterocycles. The second-order valence-electron chi connectivity index (χ2n) is 13.7. The van der Waals surface area contributed by atoms with Crippen LogP contribution in [0.4, 0.5) is 26.3 Å². The third kappa shape index (κ3) is 5.65. The Labute approximate surface area is 254 Å². The number of nitrogens with zero attached hydrogens (tertiary/aromatic N) is 2. The molecule has 4 nitrogen and oxygen atoms in total. The minimum Gasteiger partial charge on any atom is -0.381 e. The van der Waals surface area contributed by atoms with Crippen molar-refractivity contribution in [3.05, 3.63) is 70.8 Å². The van der Waals surface area contributed by atoms with E-state index in [1.165, 1.54) is 6.92 Å². The Morgan fingerprint density at radius 3 is 1.93 bits per heavy atom. The van der Waals surface area contributed by atoms with Crippen LogP contribution in [0.15, 0.2) is 48.5 Å². The predicted octanol–water partition coefficient (Wildman–Crippen LogP) is 7.94. The summed E-state index contributed by atoms with van der Waals surface area (Å²) in [5.74, 6) is -0.403. The van der Waals surface area contributed by atoms with Gasteiger partial charge < -0.3 is 14.5 Å². The molecule has 3 heterocycles. The lowest BCUT2D eigenvalue weighted by atomic mass is 9.68. The van der Waals surface area contributed by atoms with Gasteiger partial charge in [0, 0.05) is 19.2 Å². The summed E-state index contributed by atoms with van der Waals surface area (Å²) in [5, 5.41) is 0. The molecule has 4 fully saturated rings. The summed E-state index contributed by atoms with van der Waals surface area (Å²) in [6.07, 6.45) is -2.85. The van der Waals surface area contributed by atoms with E-state index in [1.54, 1.807) is 4.90 Å². The van der Waals surface area contributed by atoms with Crippen molar-refractivity contribution in [2.24, 2.45) is 5.41 Å². The first kappa shape index (κ1) is 31.4. The largest absolute Gasteiger partial charge is 0.416 e. The summed E-state index contributed by atoms with van der Waals surface area (Å²) >= 11 is 0. The van der Waals surface area contributed by atoms with Crippen LogP contribution in [0.25, 0.3) is 0 Å². The normalized spacial score (nSPS) is 30.2. The van der Waals surface area contributed by atoms with Gasteiger partial charge in [0.15, 0.2) is 0 Å². The molecule has 1 aliphatic carbocycles. The molecule has 0 N–H and O–H groups in total. The zero-order valence-electron chi connectivity index (χ0n) is 25.1. The number of amides is 1. The highest BCUT2D eigenvalue weighted by Gasteiger charge is 2.52. The summed E-state index contributed by atoms with van der Waals surface area (Å²) in [4.78, 5) is 18.9. The van der Waals surface area contributed by atoms with Gasteiger partial charge in [-0.2, -0.15) is 26.3 Å². The first-order valence-electron chi connectivity index (χ1n) is 15.8. The van der Waals surface area contributed by atoms with Crippen LogP contribution >= 0.6 is 0 Å². The number of alkyl halides is 6. The molecule has 10 heteroatoms. The molecule has 0 bridgehead atoms. The van der Waals surface area contributed by atoms with Crippen molar-refractivity contribution in [1.29, 1.82) is 0 Å². The number of piperidine rings is 2. The van der Waals surface area contributed by atoms with Crippen LogP contribution in [-0.4, -0.2) is 54.6 Å². The molecule has 1 atom stereocenters. The lowest BCUT2D eigenvalue weighted by molar-refractivity contribution is -0.152. The monoisotopic (exact) mass is 622 g/mol. The minimum atomic E-state index is -4.98. The topological polar surface area (TPSA) is 32.8 Å². The van der Waals surface area contributed by atoms with Crippen LogP contribution in [0, 0.1) is 5.41 Å². The molecule has 3 saturated heterocycles. The molecule has 0 radical (unpaired) electrons. The van der Waals surface area contributed by atoms with Gasteiger partial charge in [0.2, 0.25) is 5.91 Å². The van der Waals surface area contributed by atoms with E-state index in [-0.39, 0.29) is 18.1 Å². The highest BCUT2D eigenvalue weighted by Crippen LogP contribution is 2.50. The predicted molar refractivity (Wildman–Crippen MR) is 154 cm³/mol. The number of hydrogen-bond donors (Lipinski definition) is 0. The molecule has 1 amide bonds. The van der Waals surface area contributed by atoms with Gasteiger partial charge >= 0.3 is 12.4 Å². The third-order valence-corrected chi connectivity index (χ3v) is 11.2. The maximum atomic E-state index is 14.5. The fraction of sp³-hybridized carbons (Fsp3) is 0.618. The van der Waals surface area contributed by atoms with E-state index in [4.69, 9.17) is 4.74 Å². The van der Waals surface area contributed by atoms with E-state index in [0.717, 1.165) is 76.1 Å². The quantitative estimate of drug-likeness (QED) is 0.325. The van der Waals surface area contributed by atoms with E-state index >= 15 is 0 Å². The molecule has 240 valence electrons. The highest BCUT2D eigenvalue weighted by molar-refractivity contribution is 5.89. The van der Waals surface area contributed by atoms with E-state index < -0.39 is 40.3 Å².